The molecule has 2 aromatic carbocycles. The third-order valence-electron chi connectivity index (χ3n) is 3.73. The van der Waals surface area contributed by atoms with Crippen molar-refractivity contribution in [2.45, 2.75) is 17.3 Å². The van der Waals surface area contributed by atoms with Gasteiger partial charge in [-0.15, -0.1) is 5.10 Å². The molecule has 0 aliphatic carbocycles. The number of ether oxygens (including phenoxy) is 2. The van der Waals surface area contributed by atoms with Crippen molar-refractivity contribution in [2.24, 2.45) is 0 Å². The number of carbonyl (C=O) groups is 1. The van der Waals surface area contributed by atoms with E-state index in [0.717, 1.165) is 5.69 Å². The minimum absolute atomic E-state index is 0.156. The van der Waals surface area contributed by atoms with Gasteiger partial charge < -0.3 is 14.8 Å². The third-order valence-corrected chi connectivity index (χ3v) is 4.77. The number of anilines is 1. The normalized spacial score (nSPS) is 13.4. The van der Waals surface area contributed by atoms with Crippen LogP contribution in [0.25, 0.3) is 5.69 Å². The van der Waals surface area contributed by atoms with Crippen LogP contribution in [0.3, 0.4) is 0 Å². The Labute approximate surface area is 153 Å². The molecule has 8 nitrogen and oxygen atoms in total. The Morgan fingerprint density at radius 3 is 2.85 bits per heavy atom. The highest BCUT2D eigenvalue weighted by Gasteiger charge is 2.20. The zero-order valence-electron chi connectivity index (χ0n) is 13.8. The summed E-state index contributed by atoms with van der Waals surface area (Å²) in [6.45, 7) is 2.00. The average molecular weight is 369 g/mol. The van der Waals surface area contributed by atoms with Gasteiger partial charge in [0.15, 0.2) is 11.5 Å². The Hall–Kier alpha value is -3.07. The lowest BCUT2D eigenvalue weighted by Gasteiger charge is -2.12. The number of nitrogens with zero attached hydrogens (tertiary/aromatic N) is 4. The van der Waals surface area contributed by atoms with E-state index in [1.807, 2.05) is 30.3 Å². The molecule has 1 atom stereocenters. The fourth-order valence-corrected chi connectivity index (χ4v) is 3.22. The van der Waals surface area contributed by atoms with E-state index in [1.165, 1.54) is 11.8 Å². The molecule has 1 unspecified atom stereocenters. The van der Waals surface area contributed by atoms with Crippen LogP contribution in [-0.4, -0.2) is 38.2 Å². The lowest BCUT2D eigenvalue weighted by atomic mass is 10.2. The number of nitrogens with one attached hydrogen (secondary N) is 1. The first-order chi connectivity index (χ1) is 12.7. The van der Waals surface area contributed by atoms with Gasteiger partial charge in [-0.05, 0) is 41.6 Å². The van der Waals surface area contributed by atoms with Crippen molar-refractivity contribution in [1.29, 1.82) is 0 Å². The number of carbonyl (C=O) groups excluding carboxylic acids is 1. The van der Waals surface area contributed by atoms with E-state index in [2.05, 4.69) is 20.8 Å². The highest BCUT2D eigenvalue weighted by molar-refractivity contribution is 8.00. The molecule has 0 radical (unpaired) electrons. The number of rotatable bonds is 5. The van der Waals surface area contributed by atoms with Gasteiger partial charge in [-0.2, -0.15) is 4.68 Å². The molecule has 0 saturated carbocycles. The van der Waals surface area contributed by atoms with E-state index in [1.54, 1.807) is 29.8 Å². The van der Waals surface area contributed by atoms with E-state index in [-0.39, 0.29) is 12.7 Å². The maximum Gasteiger partial charge on any atom is 0.237 e. The Morgan fingerprint density at radius 2 is 2.00 bits per heavy atom. The van der Waals surface area contributed by atoms with E-state index in [9.17, 15) is 4.79 Å². The SMILES string of the molecule is CC(Sc1nnnn1-c1ccccc1)C(=O)Nc1ccc2c(c1)OCO2. The van der Waals surface area contributed by atoms with Crippen molar-refractivity contribution in [2.75, 3.05) is 12.1 Å². The number of para-hydroxylation sites is 1. The van der Waals surface area contributed by atoms with Crippen LogP contribution in [0.5, 0.6) is 11.5 Å². The average Bonchev–Trinajstić information content (AvgIpc) is 3.31. The second-order valence-corrected chi connectivity index (χ2v) is 6.83. The quantitative estimate of drug-likeness (QED) is 0.691. The van der Waals surface area contributed by atoms with Crippen molar-refractivity contribution < 1.29 is 14.3 Å². The van der Waals surface area contributed by atoms with Gasteiger partial charge in [0, 0.05) is 11.8 Å². The van der Waals surface area contributed by atoms with E-state index >= 15 is 0 Å². The van der Waals surface area contributed by atoms with Crippen molar-refractivity contribution in [3.63, 3.8) is 0 Å². The number of hydrogen-bond donors (Lipinski definition) is 1. The second kappa shape index (κ2) is 7.04. The molecule has 1 aromatic heterocycles. The predicted molar refractivity (Wildman–Crippen MR) is 95.7 cm³/mol. The Morgan fingerprint density at radius 1 is 1.19 bits per heavy atom. The molecule has 9 heteroatoms. The van der Waals surface area contributed by atoms with Crippen molar-refractivity contribution in [3.8, 4) is 17.2 Å². The summed E-state index contributed by atoms with van der Waals surface area (Å²) in [6.07, 6.45) is 0. The van der Waals surface area contributed by atoms with Crippen LogP contribution in [-0.2, 0) is 4.79 Å². The molecule has 1 aliphatic heterocycles. The van der Waals surface area contributed by atoms with E-state index < -0.39 is 5.25 Å². The summed E-state index contributed by atoms with van der Waals surface area (Å²) in [5.41, 5.74) is 1.48. The van der Waals surface area contributed by atoms with Gasteiger partial charge in [0.1, 0.15) is 0 Å². The number of thioether (sulfide) groups is 1. The van der Waals surface area contributed by atoms with Gasteiger partial charge in [0.25, 0.3) is 0 Å². The monoisotopic (exact) mass is 369 g/mol. The number of amides is 1. The summed E-state index contributed by atoms with van der Waals surface area (Å²) in [6, 6.07) is 14.8. The third kappa shape index (κ3) is 3.33. The summed E-state index contributed by atoms with van der Waals surface area (Å²) in [7, 11) is 0. The van der Waals surface area contributed by atoms with Crippen LogP contribution in [0.1, 0.15) is 6.92 Å². The molecular formula is C17H15N5O3S. The maximum absolute atomic E-state index is 12.5. The van der Waals surface area contributed by atoms with Crippen molar-refractivity contribution in [3.05, 3.63) is 48.5 Å². The first-order valence-electron chi connectivity index (χ1n) is 7.92. The fourth-order valence-electron chi connectivity index (χ4n) is 2.41. The smallest absolute Gasteiger partial charge is 0.237 e. The Bertz CT molecular complexity index is 931. The van der Waals surface area contributed by atoms with E-state index in [4.69, 9.17) is 9.47 Å². The Kier molecular flexibility index (Phi) is 4.44. The van der Waals surface area contributed by atoms with Crippen molar-refractivity contribution >= 4 is 23.4 Å². The molecular weight excluding hydrogens is 354 g/mol. The number of aromatic nitrogens is 4. The molecule has 0 saturated heterocycles. The minimum Gasteiger partial charge on any atom is -0.454 e. The van der Waals surface area contributed by atoms with Crippen LogP contribution in [0.15, 0.2) is 53.7 Å². The summed E-state index contributed by atoms with van der Waals surface area (Å²) in [5.74, 6) is 1.14. The van der Waals surface area contributed by atoms with Crippen LogP contribution in [0.2, 0.25) is 0 Å². The largest absolute Gasteiger partial charge is 0.454 e. The molecule has 4 rings (SSSR count). The van der Waals surface area contributed by atoms with Crippen molar-refractivity contribution in [1.82, 2.24) is 20.2 Å². The molecule has 1 N–H and O–H groups in total. The maximum atomic E-state index is 12.5. The summed E-state index contributed by atoms with van der Waals surface area (Å²) in [5, 5.41) is 14.7. The number of fused-ring (bicyclic) bond motifs is 1. The molecule has 3 aromatic rings. The zero-order chi connectivity index (χ0) is 17.9. The van der Waals surface area contributed by atoms with Gasteiger partial charge in [-0.3, -0.25) is 4.79 Å². The van der Waals surface area contributed by atoms with Crippen LogP contribution >= 0.6 is 11.8 Å². The van der Waals surface area contributed by atoms with Crippen LogP contribution in [0, 0.1) is 0 Å². The highest BCUT2D eigenvalue weighted by atomic mass is 32.2. The molecule has 0 fully saturated rings. The molecule has 132 valence electrons. The number of tetrazole rings is 1. The van der Waals surface area contributed by atoms with Gasteiger partial charge in [-0.25, -0.2) is 0 Å². The Balaban J connectivity index is 1.45. The zero-order valence-corrected chi connectivity index (χ0v) is 14.6. The molecule has 1 amide bonds. The second-order valence-electron chi connectivity index (χ2n) is 5.53. The van der Waals surface area contributed by atoms with Gasteiger partial charge in [-0.1, -0.05) is 30.0 Å². The highest BCUT2D eigenvalue weighted by Crippen LogP contribution is 2.34. The standard InChI is InChI=1S/C17H15N5O3S/c1-11(16(23)18-12-7-8-14-15(9-12)25-10-24-14)26-17-19-20-21-22(17)13-5-3-2-4-6-13/h2-9,11H,10H2,1H3,(H,18,23). The number of hydrogen-bond acceptors (Lipinski definition) is 7. The summed E-state index contributed by atoms with van der Waals surface area (Å²) < 4.78 is 12.2. The van der Waals surface area contributed by atoms with Gasteiger partial charge in [0.05, 0.1) is 10.9 Å². The minimum atomic E-state index is -0.395. The number of benzene rings is 2. The molecule has 26 heavy (non-hydrogen) atoms. The molecule has 1 aliphatic rings. The topological polar surface area (TPSA) is 91.2 Å². The van der Waals surface area contributed by atoms with Gasteiger partial charge >= 0.3 is 0 Å². The molecule has 0 spiro atoms. The lowest BCUT2D eigenvalue weighted by Crippen LogP contribution is -2.22. The van der Waals surface area contributed by atoms with Crippen LogP contribution in [0.4, 0.5) is 5.69 Å². The summed E-state index contributed by atoms with van der Waals surface area (Å²) in [4.78, 5) is 12.5. The summed E-state index contributed by atoms with van der Waals surface area (Å²) >= 11 is 1.28. The first kappa shape index (κ1) is 16.4. The fraction of sp³-hybridized carbons (Fsp3) is 0.176. The van der Waals surface area contributed by atoms with Crippen LogP contribution < -0.4 is 14.8 Å². The predicted octanol–water partition coefficient (Wildman–Crippen LogP) is 2.51. The first-order valence-corrected chi connectivity index (χ1v) is 8.79. The molecule has 0 bridgehead atoms. The lowest BCUT2D eigenvalue weighted by molar-refractivity contribution is -0.115. The van der Waals surface area contributed by atoms with Gasteiger partial charge in [0.2, 0.25) is 17.9 Å². The molecule has 2 heterocycles. The van der Waals surface area contributed by atoms with E-state index in [0.29, 0.717) is 22.3 Å².